The van der Waals surface area contributed by atoms with E-state index in [2.05, 4.69) is 26.0 Å². The number of aryl methyl sites for hydroxylation is 1. The van der Waals surface area contributed by atoms with Crippen LogP contribution in [0.4, 0.5) is 5.69 Å². The fourth-order valence-corrected chi connectivity index (χ4v) is 2.01. The van der Waals surface area contributed by atoms with E-state index in [0.717, 1.165) is 29.2 Å². The second kappa shape index (κ2) is 5.79. The number of hydrogen-bond acceptors (Lipinski definition) is 2. The molecule has 100 valence electrons. The van der Waals surface area contributed by atoms with Gasteiger partial charge in [0.25, 0.3) is 0 Å². The van der Waals surface area contributed by atoms with Crippen molar-refractivity contribution >= 4 is 5.69 Å². The summed E-state index contributed by atoms with van der Waals surface area (Å²) in [4.78, 5) is 0. The van der Waals surface area contributed by atoms with Crippen molar-refractivity contribution < 1.29 is 4.74 Å². The van der Waals surface area contributed by atoms with Crippen molar-refractivity contribution in [3.8, 4) is 11.5 Å². The van der Waals surface area contributed by atoms with Gasteiger partial charge in [0.05, 0.1) is 0 Å². The summed E-state index contributed by atoms with van der Waals surface area (Å²) >= 11 is 0. The molecule has 0 aromatic heterocycles. The Labute approximate surface area is 115 Å². The van der Waals surface area contributed by atoms with Crippen LogP contribution >= 0.6 is 0 Å². The van der Waals surface area contributed by atoms with Gasteiger partial charge in [0.1, 0.15) is 11.5 Å². The summed E-state index contributed by atoms with van der Waals surface area (Å²) in [6.07, 6.45) is 1.15. The van der Waals surface area contributed by atoms with Crippen molar-refractivity contribution in [2.45, 2.75) is 33.1 Å². The van der Waals surface area contributed by atoms with Crippen molar-refractivity contribution in [1.29, 1.82) is 0 Å². The summed E-state index contributed by atoms with van der Waals surface area (Å²) < 4.78 is 5.88. The third-order valence-electron chi connectivity index (χ3n) is 3.49. The minimum atomic E-state index is 0.590. The molecule has 0 amide bonds. The summed E-state index contributed by atoms with van der Waals surface area (Å²) in [6, 6.07) is 14.0. The highest BCUT2D eigenvalue weighted by Crippen LogP contribution is 2.28. The van der Waals surface area contributed by atoms with E-state index >= 15 is 0 Å². The maximum atomic E-state index is 5.88. The van der Waals surface area contributed by atoms with Crippen LogP contribution in [0.5, 0.6) is 11.5 Å². The van der Waals surface area contributed by atoms with Crippen LogP contribution < -0.4 is 10.5 Å². The first kappa shape index (κ1) is 13.5. The van der Waals surface area contributed by atoms with Crippen LogP contribution in [-0.2, 0) is 0 Å². The SMILES string of the molecule is CC[C@@H](C)c1ccc(Oc2ccc(N)cc2C)cc1. The van der Waals surface area contributed by atoms with E-state index in [1.54, 1.807) is 0 Å². The number of nitrogen functional groups attached to an aromatic ring is 1. The van der Waals surface area contributed by atoms with E-state index < -0.39 is 0 Å². The molecule has 2 N–H and O–H groups in total. The van der Waals surface area contributed by atoms with Gasteiger partial charge in [0, 0.05) is 5.69 Å². The molecule has 0 radical (unpaired) electrons. The maximum Gasteiger partial charge on any atom is 0.130 e. The minimum absolute atomic E-state index is 0.590. The molecule has 0 unspecified atom stereocenters. The molecule has 0 aliphatic carbocycles. The molecule has 0 heterocycles. The van der Waals surface area contributed by atoms with Crippen LogP contribution in [-0.4, -0.2) is 0 Å². The molecule has 2 aromatic carbocycles. The maximum absolute atomic E-state index is 5.88. The Morgan fingerprint density at radius 2 is 1.79 bits per heavy atom. The molecule has 2 aromatic rings. The number of rotatable bonds is 4. The quantitative estimate of drug-likeness (QED) is 0.790. The Morgan fingerprint density at radius 1 is 1.11 bits per heavy atom. The summed E-state index contributed by atoms with van der Waals surface area (Å²) in [5.41, 5.74) is 8.89. The monoisotopic (exact) mass is 255 g/mol. The molecule has 19 heavy (non-hydrogen) atoms. The van der Waals surface area contributed by atoms with Crippen molar-refractivity contribution in [2.24, 2.45) is 0 Å². The smallest absolute Gasteiger partial charge is 0.130 e. The van der Waals surface area contributed by atoms with Crippen LogP contribution in [0.15, 0.2) is 42.5 Å². The Hall–Kier alpha value is -1.96. The second-order valence-electron chi connectivity index (χ2n) is 5.01. The highest BCUT2D eigenvalue weighted by Gasteiger charge is 2.05. The van der Waals surface area contributed by atoms with Crippen molar-refractivity contribution in [3.63, 3.8) is 0 Å². The number of benzene rings is 2. The molecular formula is C17H21NO. The van der Waals surface area contributed by atoms with E-state index in [1.807, 2.05) is 37.3 Å². The van der Waals surface area contributed by atoms with Gasteiger partial charge in [-0.05, 0) is 60.7 Å². The first-order valence-corrected chi connectivity index (χ1v) is 6.74. The van der Waals surface area contributed by atoms with Gasteiger partial charge in [-0.3, -0.25) is 0 Å². The molecule has 2 heteroatoms. The summed E-state index contributed by atoms with van der Waals surface area (Å²) in [5.74, 6) is 2.30. The molecule has 0 bridgehead atoms. The van der Waals surface area contributed by atoms with E-state index in [0.29, 0.717) is 5.92 Å². The molecule has 0 spiro atoms. The highest BCUT2D eigenvalue weighted by atomic mass is 16.5. The van der Waals surface area contributed by atoms with Gasteiger partial charge in [0.15, 0.2) is 0 Å². The van der Waals surface area contributed by atoms with Crippen LogP contribution in [0, 0.1) is 6.92 Å². The Bertz CT molecular complexity index is 546. The van der Waals surface area contributed by atoms with Crippen molar-refractivity contribution in [2.75, 3.05) is 5.73 Å². The normalized spacial score (nSPS) is 12.2. The standard InChI is InChI=1S/C17H21NO/c1-4-12(2)14-5-8-16(9-6-14)19-17-10-7-15(18)11-13(17)3/h5-12H,4,18H2,1-3H3/t12-/m1/s1. The third-order valence-corrected chi connectivity index (χ3v) is 3.49. The van der Waals surface area contributed by atoms with Gasteiger partial charge < -0.3 is 10.5 Å². The van der Waals surface area contributed by atoms with Crippen LogP contribution in [0.1, 0.15) is 37.3 Å². The molecule has 0 aliphatic heterocycles. The topological polar surface area (TPSA) is 35.2 Å². The van der Waals surface area contributed by atoms with E-state index in [-0.39, 0.29) is 0 Å². The van der Waals surface area contributed by atoms with Gasteiger partial charge >= 0.3 is 0 Å². The van der Waals surface area contributed by atoms with E-state index in [1.165, 1.54) is 5.56 Å². The lowest BCUT2D eigenvalue weighted by Gasteiger charge is -2.12. The van der Waals surface area contributed by atoms with Crippen LogP contribution in [0.3, 0.4) is 0 Å². The molecule has 0 saturated carbocycles. The van der Waals surface area contributed by atoms with Gasteiger partial charge in [-0.1, -0.05) is 26.0 Å². The first-order chi connectivity index (χ1) is 9.10. The van der Waals surface area contributed by atoms with Crippen molar-refractivity contribution in [3.05, 3.63) is 53.6 Å². The molecule has 1 atom stereocenters. The predicted octanol–water partition coefficient (Wildman–Crippen LogP) is 4.88. The predicted molar refractivity (Wildman–Crippen MR) is 80.8 cm³/mol. The number of nitrogens with two attached hydrogens (primary N) is 1. The minimum Gasteiger partial charge on any atom is -0.457 e. The summed E-state index contributed by atoms with van der Waals surface area (Å²) in [5, 5.41) is 0. The molecule has 2 nitrogen and oxygen atoms in total. The third kappa shape index (κ3) is 3.28. The van der Waals surface area contributed by atoms with Gasteiger partial charge in [-0.2, -0.15) is 0 Å². The zero-order valence-corrected chi connectivity index (χ0v) is 11.8. The van der Waals surface area contributed by atoms with E-state index in [9.17, 15) is 0 Å². The van der Waals surface area contributed by atoms with Gasteiger partial charge in [-0.15, -0.1) is 0 Å². The highest BCUT2D eigenvalue weighted by molar-refractivity contribution is 5.48. The Balaban J connectivity index is 2.15. The fourth-order valence-electron chi connectivity index (χ4n) is 2.01. The molecule has 0 aliphatic rings. The van der Waals surface area contributed by atoms with E-state index in [4.69, 9.17) is 10.5 Å². The largest absolute Gasteiger partial charge is 0.457 e. The number of ether oxygens (including phenoxy) is 1. The Kier molecular flexibility index (Phi) is 4.10. The lowest BCUT2D eigenvalue weighted by molar-refractivity contribution is 0.478. The van der Waals surface area contributed by atoms with Gasteiger partial charge in [0.2, 0.25) is 0 Å². The van der Waals surface area contributed by atoms with Crippen molar-refractivity contribution in [1.82, 2.24) is 0 Å². The molecule has 2 rings (SSSR count). The van der Waals surface area contributed by atoms with Crippen LogP contribution in [0.25, 0.3) is 0 Å². The zero-order chi connectivity index (χ0) is 13.8. The summed E-state index contributed by atoms with van der Waals surface area (Å²) in [6.45, 7) is 6.44. The Morgan fingerprint density at radius 3 is 2.37 bits per heavy atom. The second-order valence-corrected chi connectivity index (χ2v) is 5.01. The fraction of sp³-hybridized carbons (Fsp3) is 0.294. The zero-order valence-electron chi connectivity index (χ0n) is 11.8. The molecular weight excluding hydrogens is 234 g/mol. The molecule has 0 saturated heterocycles. The first-order valence-electron chi connectivity index (χ1n) is 6.74. The lowest BCUT2D eigenvalue weighted by atomic mass is 9.99. The molecule has 0 fully saturated rings. The number of anilines is 1. The van der Waals surface area contributed by atoms with Crippen LogP contribution in [0.2, 0.25) is 0 Å². The number of hydrogen-bond donors (Lipinski definition) is 1. The lowest BCUT2D eigenvalue weighted by Crippen LogP contribution is -1.93. The average molecular weight is 255 g/mol. The van der Waals surface area contributed by atoms with Gasteiger partial charge in [-0.25, -0.2) is 0 Å². The average Bonchev–Trinajstić information content (AvgIpc) is 2.42. The summed E-state index contributed by atoms with van der Waals surface area (Å²) in [7, 11) is 0.